The second-order valence-electron chi connectivity index (χ2n) is 3.39. The van der Waals surface area contributed by atoms with Crippen LogP contribution in [-0.4, -0.2) is 27.2 Å². The van der Waals surface area contributed by atoms with Crippen molar-refractivity contribution in [1.82, 2.24) is 9.97 Å². The van der Waals surface area contributed by atoms with Crippen molar-refractivity contribution in [3.63, 3.8) is 0 Å². The minimum Gasteiger partial charge on any atom is -0.475 e. The van der Waals surface area contributed by atoms with Gasteiger partial charge in [0.15, 0.2) is 0 Å². The second kappa shape index (κ2) is 4.86. The first-order valence-corrected chi connectivity index (χ1v) is 4.54. The van der Waals surface area contributed by atoms with Gasteiger partial charge in [-0.3, -0.25) is 0 Å². The van der Waals surface area contributed by atoms with Gasteiger partial charge in [-0.25, -0.2) is 9.78 Å². The molecular formula is C9H8F3N3O2. The Balaban J connectivity index is 0.000000185. The largest absolute Gasteiger partial charge is 0.490 e. The van der Waals surface area contributed by atoms with Gasteiger partial charge in [0.2, 0.25) is 0 Å². The van der Waals surface area contributed by atoms with E-state index in [4.69, 9.17) is 15.2 Å². The van der Waals surface area contributed by atoms with Crippen LogP contribution < -0.4 is 0 Å². The van der Waals surface area contributed by atoms with Crippen LogP contribution in [0.15, 0.2) is 12.5 Å². The Morgan fingerprint density at radius 2 is 2.24 bits per heavy atom. The van der Waals surface area contributed by atoms with E-state index in [0.29, 0.717) is 5.92 Å². The molecule has 1 aliphatic rings. The Morgan fingerprint density at radius 3 is 2.53 bits per heavy atom. The monoisotopic (exact) mass is 247 g/mol. The fourth-order valence-electron chi connectivity index (χ4n) is 1.15. The predicted molar refractivity (Wildman–Crippen MR) is 48.7 cm³/mol. The molecule has 0 amide bonds. The maximum atomic E-state index is 10.6. The molecule has 0 spiro atoms. The van der Waals surface area contributed by atoms with Gasteiger partial charge in [-0.2, -0.15) is 18.4 Å². The van der Waals surface area contributed by atoms with Crippen molar-refractivity contribution in [3.8, 4) is 6.07 Å². The molecule has 0 aromatic carbocycles. The lowest BCUT2D eigenvalue weighted by Crippen LogP contribution is -2.21. The highest BCUT2D eigenvalue weighted by atomic mass is 19.4. The van der Waals surface area contributed by atoms with Crippen LogP contribution in [0.4, 0.5) is 13.2 Å². The topological polar surface area (TPSA) is 89.8 Å². The molecule has 2 N–H and O–H groups in total. The number of imidazole rings is 1. The summed E-state index contributed by atoms with van der Waals surface area (Å²) < 4.78 is 31.7. The molecule has 0 unspecified atom stereocenters. The van der Waals surface area contributed by atoms with Crippen LogP contribution in [0.3, 0.4) is 0 Å². The molecule has 2 atom stereocenters. The van der Waals surface area contributed by atoms with Gasteiger partial charge in [0.25, 0.3) is 0 Å². The number of nitrogens with one attached hydrogen (secondary N) is 1. The van der Waals surface area contributed by atoms with Crippen molar-refractivity contribution in [2.45, 2.75) is 18.5 Å². The first-order valence-electron chi connectivity index (χ1n) is 4.54. The van der Waals surface area contributed by atoms with E-state index in [2.05, 4.69) is 16.0 Å². The molecule has 2 rings (SSSR count). The molecule has 1 heterocycles. The number of carboxylic acids is 1. The third kappa shape index (κ3) is 3.79. The number of aromatic amines is 1. The smallest absolute Gasteiger partial charge is 0.475 e. The Morgan fingerprint density at radius 1 is 1.65 bits per heavy atom. The molecule has 5 nitrogen and oxygen atoms in total. The van der Waals surface area contributed by atoms with E-state index in [0.717, 1.165) is 12.1 Å². The maximum Gasteiger partial charge on any atom is 0.490 e. The van der Waals surface area contributed by atoms with Gasteiger partial charge in [-0.1, -0.05) is 0 Å². The van der Waals surface area contributed by atoms with Gasteiger partial charge in [-0.15, -0.1) is 0 Å². The molecule has 1 aromatic heterocycles. The zero-order chi connectivity index (χ0) is 13.1. The Kier molecular flexibility index (Phi) is 3.73. The minimum absolute atomic E-state index is 0.237. The highest BCUT2D eigenvalue weighted by Gasteiger charge is 2.39. The average Bonchev–Trinajstić information content (AvgIpc) is 2.82. The summed E-state index contributed by atoms with van der Waals surface area (Å²) in [6.45, 7) is 0. The molecule has 0 radical (unpaired) electrons. The van der Waals surface area contributed by atoms with E-state index in [1.807, 2.05) is 0 Å². The molecule has 92 valence electrons. The molecule has 0 aliphatic heterocycles. The number of hydrogen-bond donors (Lipinski definition) is 2. The third-order valence-electron chi connectivity index (χ3n) is 2.12. The number of alkyl halides is 3. The van der Waals surface area contributed by atoms with Crippen LogP contribution >= 0.6 is 0 Å². The number of carboxylic acid groups (broad SMARTS) is 1. The highest BCUT2D eigenvalue weighted by molar-refractivity contribution is 5.73. The number of aliphatic carboxylic acids is 1. The molecule has 8 heteroatoms. The summed E-state index contributed by atoms with van der Waals surface area (Å²) >= 11 is 0. The molecule has 0 saturated heterocycles. The predicted octanol–water partition coefficient (Wildman–Crippen LogP) is 1.67. The van der Waals surface area contributed by atoms with Gasteiger partial charge in [-0.05, 0) is 6.42 Å². The van der Waals surface area contributed by atoms with Crippen molar-refractivity contribution in [2.75, 3.05) is 0 Å². The zero-order valence-electron chi connectivity index (χ0n) is 8.40. The van der Waals surface area contributed by atoms with Crippen molar-refractivity contribution in [2.24, 2.45) is 5.92 Å². The van der Waals surface area contributed by atoms with E-state index in [-0.39, 0.29) is 5.92 Å². The number of carbonyl (C=O) groups is 1. The van der Waals surface area contributed by atoms with Crippen LogP contribution in [0, 0.1) is 17.2 Å². The molecule has 1 aromatic rings. The fourth-order valence-corrected chi connectivity index (χ4v) is 1.15. The minimum atomic E-state index is -5.08. The van der Waals surface area contributed by atoms with Crippen LogP contribution in [0.2, 0.25) is 0 Å². The Labute approximate surface area is 93.9 Å². The summed E-state index contributed by atoms with van der Waals surface area (Å²) in [5.74, 6) is -2.08. The Bertz CT molecular complexity index is 422. The van der Waals surface area contributed by atoms with Crippen LogP contribution in [0.1, 0.15) is 18.0 Å². The molecule has 1 saturated carbocycles. The van der Waals surface area contributed by atoms with Crippen LogP contribution in [0.25, 0.3) is 0 Å². The average molecular weight is 247 g/mol. The third-order valence-corrected chi connectivity index (χ3v) is 2.12. The van der Waals surface area contributed by atoms with E-state index < -0.39 is 12.1 Å². The fraction of sp³-hybridized carbons (Fsp3) is 0.444. The number of hydrogen-bond acceptors (Lipinski definition) is 3. The van der Waals surface area contributed by atoms with Crippen LogP contribution in [0.5, 0.6) is 0 Å². The number of nitriles is 1. The molecule has 17 heavy (non-hydrogen) atoms. The summed E-state index contributed by atoms with van der Waals surface area (Å²) in [6.07, 6.45) is -0.636. The summed E-state index contributed by atoms with van der Waals surface area (Å²) in [4.78, 5) is 15.8. The van der Waals surface area contributed by atoms with Gasteiger partial charge < -0.3 is 10.1 Å². The summed E-state index contributed by atoms with van der Waals surface area (Å²) in [6, 6.07) is 2.23. The molecule has 0 bridgehead atoms. The van der Waals surface area contributed by atoms with Crippen LogP contribution in [-0.2, 0) is 4.79 Å². The second-order valence-corrected chi connectivity index (χ2v) is 3.39. The van der Waals surface area contributed by atoms with Gasteiger partial charge in [0.05, 0.1) is 18.3 Å². The first-order chi connectivity index (χ1) is 7.86. The van der Waals surface area contributed by atoms with E-state index in [1.165, 1.54) is 0 Å². The maximum absolute atomic E-state index is 10.6. The quantitative estimate of drug-likeness (QED) is 0.789. The lowest BCUT2D eigenvalue weighted by atomic mass is 10.3. The van der Waals surface area contributed by atoms with E-state index in [9.17, 15) is 13.2 Å². The highest BCUT2D eigenvalue weighted by Crippen LogP contribution is 2.45. The standard InChI is InChI=1S/C7H7N3.C2HF3O2/c8-2-5-1-6(5)7-3-9-4-10-7;3-2(4,5)1(6)7/h3-6H,1H2,(H,9,10);(H,6,7)/t5-,6+;/m0./s1. The SMILES string of the molecule is N#C[C@@H]1C[C@H]1c1cnc[nH]1.O=C(O)C(F)(F)F. The summed E-state index contributed by atoms with van der Waals surface area (Å²) in [7, 11) is 0. The van der Waals surface area contributed by atoms with Crippen molar-refractivity contribution in [1.29, 1.82) is 5.26 Å². The zero-order valence-corrected chi connectivity index (χ0v) is 8.40. The van der Waals surface area contributed by atoms with E-state index in [1.54, 1.807) is 12.5 Å². The Hall–Kier alpha value is -2.04. The van der Waals surface area contributed by atoms with E-state index >= 15 is 0 Å². The number of halogens is 3. The van der Waals surface area contributed by atoms with Crippen molar-refractivity contribution < 1.29 is 23.1 Å². The van der Waals surface area contributed by atoms with Crippen molar-refractivity contribution in [3.05, 3.63) is 18.2 Å². The number of rotatable bonds is 1. The first kappa shape index (κ1) is 13.0. The summed E-state index contributed by atoms with van der Waals surface area (Å²) in [5.41, 5.74) is 1.10. The lowest BCUT2D eigenvalue weighted by molar-refractivity contribution is -0.192. The molecule has 1 fully saturated rings. The van der Waals surface area contributed by atoms with Crippen molar-refractivity contribution >= 4 is 5.97 Å². The van der Waals surface area contributed by atoms with Gasteiger partial charge in [0, 0.05) is 17.8 Å². The molecule has 1 aliphatic carbocycles. The normalized spacial score (nSPS) is 22.0. The van der Waals surface area contributed by atoms with Gasteiger partial charge >= 0.3 is 12.1 Å². The number of aromatic nitrogens is 2. The molecular weight excluding hydrogens is 239 g/mol. The lowest BCUT2D eigenvalue weighted by Gasteiger charge is -1.93. The number of H-pyrrole nitrogens is 1. The summed E-state index contributed by atoms with van der Waals surface area (Å²) in [5, 5.41) is 15.6. The van der Waals surface area contributed by atoms with Gasteiger partial charge in [0.1, 0.15) is 0 Å². The number of nitrogens with zero attached hydrogens (tertiary/aromatic N) is 2.